The Morgan fingerprint density at radius 1 is 1.62 bits per heavy atom. The van der Waals surface area contributed by atoms with Crippen molar-refractivity contribution >= 4 is 5.97 Å². The summed E-state index contributed by atoms with van der Waals surface area (Å²) in [5, 5.41) is 20.9. The maximum absolute atomic E-state index is 10.5. The number of carboxylic acids is 1. The summed E-state index contributed by atoms with van der Waals surface area (Å²) in [6.07, 6.45) is 3.73. The fourth-order valence-electron chi connectivity index (χ4n) is 1.29. The van der Waals surface area contributed by atoms with Crippen LogP contribution < -0.4 is 5.32 Å². The normalized spacial score (nSPS) is 22.0. The van der Waals surface area contributed by atoms with E-state index in [1.165, 1.54) is 26.2 Å². The average Bonchev–Trinajstić information content (AvgIpc) is 1.94. The largest absolute Gasteiger partial charge is 0.479 e. The Bertz CT molecular complexity index is 187. The van der Waals surface area contributed by atoms with Gasteiger partial charge in [-0.15, -0.1) is 0 Å². The van der Waals surface area contributed by atoms with Crippen molar-refractivity contribution in [2.24, 2.45) is 5.92 Å². The van der Waals surface area contributed by atoms with Gasteiger partial charge in [-0.25, -0.2) is 4.79 Å². The van der Waals surface area contributed by atoms with Gasteiger partial charge >= 0.3 is 5.97 Å². The summed E-state index contributed by atoms with van der Waals surface area (Å²) >= 11 is 0. The van der Waals surface area contributed by atoms with Gasteiger partial charge < -0.3 is 15.5 Å². The zero-order valence-corrected chi connectivity index (χ0v) is 7.92. The zero-order valence-electron chi connectivity index (χ0n) is 7.92. The van der Waals surface area contributed by atoms with Crippen LogP contribution in [0.15, 0.2) is 0 Å². The first-order chi connectivity index (χ1) is 6.02. The van der Waals surface area contributed by atoms with Crippen molar-refractivity contribution in [1.82, 2.24) is 5.32 Å². The molecule has 0 amide bonds. The molecule has 1 aliphatic carbocycles. The molecule has 0 radical (unpaired) electrons. The SMILES string of the molecule is CC(O)(CNCC1CCC1)C(=O)O. The standard InChI is InChI=1S/C9H17NO3/c1-9(13,8(11)12)6-10-5-7-3-2-4-7/h7,10,13H,2-6H2,1H3,(H,11,12). The highest BCUT2D eigenvalue weighted by Gasteiger charge is 2.29. The molecule has 4 nitrogen and oxygen atoms in total. The predicted molar refractivity (Wildman–Crippen MR) is 48.5 cm³/mol. The number of hydrogen-bond donors (Lipinski definition) is 3. The van der Waals surface area contributed by atoms with Crippen LogP contribution in [0.2, 0.25) is 0 Å². The first-order valence-corrected chi connectivity index (χ1v) is 4.69. The van der Waals surface area contributed by atoms with Crippen LogP contribution in [0.3, 0.4) is 0 Å². The molecule has 1 unspecified atom stereocenters. The minimum atomic E-state index is -1.64. The topological polar surface area (TPSA) is 69.6 Å². The second kappa shape index (κ2) is 4.07. The van der Waals surface area contributed by atoms with E-state index in [1.54, 1.807) is 0 Å². The van der Waals surface area contributed by atoms with Crippen LogP contribution in [-0.4, -0.2) is 34.9 Å². The number of hydrogen-bond acceptors (Lipinski definition) is 3. The summed E-state index contributed by atoms with van der Waals surface area (Å²) < 4.78 is 0. The van der Waals surface area contributed by atoms with Crippen molar-refractivity contribution < 1.29 is 15.0 Å². The van der Waals surface area contributed by atoms with Crippen LogP contribution in [0.5, 0.6) is 0 Å². The molecule has 3 N–H and O–H groups in total. The third kappa shape index (κ3) is 2.97. The molecule has 0 spiro atoms. The number of aliphatic carboxylic acids is 1. The van der Waals surface area contributed by atoms with Crippen molar-refractivity contribution in [2.75, 3.05) is 13.1 Å². The molecule has 1 saturated carbocycles. The lowest BCUT2D eigenvalue weighted by atomic mass is 9.85. The molecule has 76 valence electrons. The molecule has 0 aromatic heterocycles. The molecule has 1 atom stereocenters. The lowest BCUT2D eigenvalue weighted by Gasteiger charge is -2.27. The number of carboxylic acid groups (broad SMARTS) is 1. The Balaban J connectivity index is 2.13. The Kier molecular flexibility index (Phi) is 3.27. The maximum Gasteiger partial charge on any atom is 0.336 e. The van der Waals surface area contributed by atoms with Crippen LogP contribution in [-0.2, 0) is 4.79 Å². The van der Waals surface area contributed by atoms with E-state index in [4.69, 9.17) is 5.11 Å². The van der Waals surface area contributed by atoms with Gasteiger partial charge in [0.1, 0.15) is 0 Å². The molecule has 0 saturated heterocycles. The lowest BCUT2D eigenvalue weighted by molar-refractivity contribution is -0.156. The summed E-state index contributed by atoms with van der Waals surface area (Å²) in [5.74, 6) is -0.488. The minimum absolute atomic E-state index is 0.124. The zero-order chi connectivity index (χ0) is 9.90. The minimum Gasteiger partial charge on any atom is -0.479 e. The van der Waals surface area contributed by atoms with E-state index in [2.05, 4.69) is 5.32 Å². The van der Waals surface area contributed by atoms with E-state index in [9.17, 15) is 9.90 Å². The number of aliphatic hydroxyl groups is 1. The van der Waals surface area contributed by atoms with E-state index >= 15 is 0 Å². The molecule has 13 heavy (non-hydrogen) atoms. The number of carbonyl (C=O) groups is 1. The molecule has 0 bridgehead atoms. The second-order valence-corrected chi connectivity index (χ2v) is 4.01. The van der Waals surface area contributed by atoms with Crippen LogP contribution in [0, 0.1) is 5.92 Å². The lowest BCUT2D eigenvalue weighted by Crippen LogP contribution is -2.46. The average molecular weight is 187 g/mol. The number of nitrogens with one attached hydrogen (secondary N) is 1. The van der Waals surface area contributed by atoms with Gasteiger partial charge in [0.2, 0.25) is 0 Å². The molecule has 0 aromatic carbocycles. The fourth-order valence-corrected chi connectivity index (χ4v) is 1.29. The van der Waals surface area contributed by atoms with Crippen LogP contribution in [0.1, 0.15) is 26.2 Å². The van der Waals surface area contributed by atoms with E-state index < -0.39 is 11.6 Å². The van der Waals surface area contributed by atoms with Crippen LogP contribution in [0.25, 0.3) is 0 Å². The molecular weight excluding hydrogens is 170 g/mol. The highest BCUT2D eigenvalue weighted by molar-refractivity contribution is 5.76. The second-order valence-electron chi connectivity index (χ2n) is 4.01. The van der Waals surface area contributed by atoms with Crippen molar-refractivity contribution in [3.05, 3.63) is 0 Å². The van der Waals surface area contributed by atoms with E-state index in [1.807, 2.05) is 0 Å². The van der Waals surface area contributed by atoms with E-state index in [0.29, 0.717) is 5.92 Å². The first-order valence-electron chi connectivity index (χ1n) is 4.69. The fraction of sp³-hybridized carbons (Fsp3) is 0.889. The first kappa shape index (κ1) is 10.5. The Morgan fingerprint density at radius 2 is 2.23 bits per heavy atom. The van der Waals surface area contributed by atoms with Gasteiger partial charge in [0, 0.05) is 6.54 Å². The molecule has 0 aromatic rings. The van der Waals surface area contributed by atoms with E-state index in [0.717, 1.165) is 6.54 Å². The Morgan fingerprint density at radius 3 is 2.62 bits per heavy atom. The summed E-state index contributed by atoms with van der Waals surface area (Å²) in [7, 11) is 0. The summed E-state index contributed by atoms with van der Waals surface area (Å²) in [6.45, 7) is 2.26. The highest BCUT2D eigenvalue weighted by Crippen LogP contribution is 2.25. The van der Waals surface area contributed by atoms with Gasteiger partial charge in [-0.05, 0) is 32.2 Å². The van der Waals surface area contributed by atoms with Gasteiger partial charge in [-0.2, -0.15) is 0 Å². The summed E-state index contributed by atoms with van der Waals surface area (Å²) in [6, 6.07) is 0. The molecular formula is C9H17NO3. The third-order valence-electron chi connectivity index (χ3n) is 2.59. The van der Waals surface area contributed by atoms with Crippen molar-refractivity contribution in [2.45, 2.75) is 31.8 Å². The molecule has 4 heteroatoms. The van der Waals surface area contributed by atoms with Crippen molar-refractivity contribution in [3.63, 3.8) is 0 Å². The molecule has 0 aliphatic heterocycles. The smallest absolute Gasteiger partial charge is 0.336 e. The Hall–Kier alpha value is -0.610. The van der Waals surface area contributed by atoms with E-state index in [-0.39, 0.29) is 6.54 Å². The maximum atomic E-state index is 10.5. The van der Waals surface area contributed by atoms with Gasteiger partial charge in [0.15, 0.2) is 5.60 Å². The summed E-state index contributed by atoms with van der Waals surface area (Å²) in [4.78, 5) is 10.5. The molecule has 0 heterocycles. The Labute approximate surface area is 78.0 Å². The molecule has 1 aliphatic rings. The quantitative estimate of drug-likeness (QED) is 0.575. The monoisotopic (exact) mass is 187 g/mol. The number of rotatable bonds is 5. The van der Waals surface area contributed by atoms with Crippen molar-refractivity contribution in [1.29, 1.82) is 0 Å². The predicted octanol–water partition coefficient (Wildman–Crippen LogP) is 0.212. The molecule has 1 fully saturated rings. The van der Waals surface area contributed by atoms with Crippen LogP contribution in [0.4, 0.5) is 0 Å². The highest BCUT2D eigenvalue weighted by atomic mass is 16.4. The van der Waals surface area contributed by atoms with Crippen LogP contribution >= 0.6 is 0 Å². The van der Waals surface area contributed by atoms with Gasteiger partial charge in [0.25, 0.3) is 0 Å². The summed E-state index contributed by atoms with van der Waals surface area (Å²) in [5.41, 5.74) is -1.64. The third-order valence-corrected chi connectivity index (χ3v) is 2.59. The van der Waals surface area contributed by atoms with Gasteiger partial charge in [-0.1, -0.05) is 6.42 Å². The van der Waals surface area contributed by atoms with Gasteiger partial charge in [0.05, 0.1) is 0 Å². The van der Waals surface area contributed by atoms with Crippen molar-refractivity contribution in [3.8, 4) is 0 Å². The molecule has 1 rings (SSSR count). The van der Waals surface area contributed by atoms with Gasteiger partial charge in [-0.3, -0.25) is 0 Å².